The minimum absolute atomic E-state index is 0.0502. The van der Waals surface area contributed by atoms with Gasteiger partial charge in [0.1, 0.15) is 76.1 Å². The van der Waals surface area contributed by atoms with Gasteiger partial charge in [0.15, 0.2) is 23.0 Å². The number of aromatic hydroxyl groups is 7. The molecule has 0 radical (unpaired) electrons. The molecule has 0 spiro atoms. The average molecular weight is 840 g/mol. The van der Waals surface area contributed by atoms with Crippen LogP contribution < -0.4 is 18.9 Å². The lowest BCUT2D eigenvalue weighted by Crippen LogP contribution is -2.60. The van der Waals surface area contributed by atoms with E-state index in [9.17, 15) is 71.2 Å². The topological polar surface area (TPSA) is 338 Å². The van der Waals surface area contributed by atoms with Crippen molar-refractivity contribution < 1.29 is 99.3 Å². The molecule has 8 atom stereocenters. The minimum Gasteiger partial charge on any atom is -0.507 e. The summed E-state index contributed by atoms with van der Waals surface area (Å²) in [6, 6.07) is 8.59. The molecule has 318 valence electrons. The molecule has 60 heavy (non-hydrogen) atoms. The van der Waals surface area contributed by atoms with Crippen molar-refractivity contribution in [3.63, 3.8) is 0 Å². The Balaban J connectivity index is 1.48. The number of carbonyl (C=O) groups is 1. The number of benzene rings is 4. The van der Waals surface area contributed by atoms with Crippen LogP contribution >= 0.6 is 0 Å². The molecule has 4 aromatic carbocycles. The molecule has 20 heteroatoms. The van der Waals surface area contributed by atoms with E-state index in [1.54, 1.807) is 0 Å². The molecule has 2 aliphatic heterocycles. The first-order valence-corrected chi connectivity index (χ1v) is 17.9. The van der Waals surface area contributed by atoms with Crippen molar-refractivity contribution in [2.45, 2.75) is 55.3 Å². The van der Waals surface area contributed by atoms with Crippen molar-refractivity contribution >= 4 is 16.9 Å². The average Bonchev–Trinajstić information content (AvgIpc) is 3.21. The SMILES string of the molecule is COc1cc(-c2[o+]c3c(C(C(=O)O)c4c(O)cc(O)c5c4O[C@H](c4ccc(O)c(O)c4)[C@@H](O)C5)c(O)cc(O)c3cc2O[C@@H]2O[C@H](CO)[C@@H](O)[C@H](O)[C@H]2O)cc(OC)c1O. The lowest BCUT2D eigenvalue weighted by Gasteiger charge is -2.39. The highest BCUT2D eigenvalue weighted by Crippen LogP contribution is 2.54. The van der Waals surface area contributed by atoms with E-state index in [4.69, 9.17) is 28.1 Å². The quantitative estimate of drug-likeness (QED) is 0.0704. The Morgan fingerprint density at radius 1 is 0.767 bits per heavy atom. The predicted molar refractivity (Wildman–Crippen MR) is 201 cm³/mol. The number of hydrogen-bond donors (Lipinski definition) is 13. The third kappa shape index (κ3) is 6.99. The molecular formula is C40H39O20+. The molecule has 20 nitrogen and oxygen atoms in total. The van der Waals surface area contributed by atoms with Crippen molar-refractivity contribution in [1.82, 2.24) is 0 Å². The third-order valence-electron chi connectivity index (χ3n) is 10.4. The lowest BCUT2D eigenvalue weighted by molar-refractivity contribution is -0.277. The number of aliphatic carboxylic acids is 1. The highest BCUT2D eigenvalue weighted by molar-refractivity contribution is 5.97. The zero-order chi connectivity index (χ0) is 43.5. The molecule has 7 rings (SSSR count). The van der Waals surface area contributed by atoms with Gasteiger partial charge in [0, 0.05) is 42.3 Å². The minimum atomic E-state index is -2.18. The summed E-state index contributed by atoms with van der Waals surface area (Å²) in [5, 5.41) is 139. The molecule has 0 aliphatic carbocycles. The highest BCUT2D eigenvalue weighted by atomic mass is 16.7. The summed E-state index contributed by atoms with van der Waals surface area (Å²) < 4.78 is 34.5. The Bertz CT molecular complexity index is 2460. The van der Waals surface area contributed by atoms with Gasteiger partial charge in [-0.05, 0) is 17.7 Å². The van der Waals surface area contributed by atoms with Gasteiger partial charge in [0.2, 0.25) is 17.8 Å². The molecule has 1 unspecified atom stereocenters. The van der Waals surface area contributed by atoms with E-state index < -0.39 is 136 Å². The number of carboxylic acids is 1. The first-order valence-electron chi connectivity index (χ1n) is 17.9. The first kappa shape index (κ1) is 41.5. The van der Waals surface area contributed by atoms with Crippen LogP contribution in [0.1, 0.15) is 34.3 Å². The number of fused-ring (bicyclic) bond motifs is 2. The zero-order valence-electron chi connectivity index (χ0n) is 31.3. The summed E-state index contributed by atoms with van der Waals surface area (Å²) in [6.07, 6.45) is -12.1. The number of ether oxygens (including phenoxy) is 5. The van der Waals surface area contributed by atoms with Gasteiger partial charge in [-0.2, -0.15) is 0 Å². The number of carboxylic acid groups (broad SMARTS) is 1. The van der Waals surface area contributed by atoms with Crippen LogP contribution in [0.25, 0.3) is 22.3 Å². The Hall–Kier alpha value is -6.68. The zero-order valence-corrected chi connectivity index (χ0v) is 31.3. The summed E-state index contributed by atoms with van der Waals surface area (Å²) >= 11 is 0. The normalized spacial score (nSPS) is 23.0. The summed E-state index contributed by atoms with van der Waals surface area (Å²) in [6.45, 7) is -0.819. The van der Waals surface area contributed by atoms with Crippen molar-refractivity contribution in [3.8, 4) is 74.6 Å². The summed E-state index contributed by atoms with van der Waals surface area (Å²) in [5.41, 5.74) is -1.85. The van der Waals surface area contributed by atoms with E-state index >= 15 is 0 Å². The Kier molecular flexibility index (Phi) is 10.9. The van der Waals surface area contributed by atoms with E-state index in [-0.39, 0.29) is 40.0 Å². The number of phenols is 7. The fraction of sp³-hybridized carbons (Fsp3) is 0.300. The van der Waals surface area contributed by atoms with E-state index in [1.807, 2.05) is 0 Å². The van der Waals surface area contributed by atoms with E-state index in [1.165, 1.54) is 32.4 Å². The number of rotatable bonds is 10. The molecule has 1 aromatic heterocycles. The largest absolute Gasteiger partial charge is 0.507 e. The molecule has 1 saturated heterocycles. The maximum absolute atomic E-state index is 13.5. The predicted octanol–water partition coefficient (Wildman–Crippen LogP) is 1.77. The standard InChI is InChI=1S/C40H38O20/c1-55-24-6-14(7-25(56-2)31(24)49)36-26(57-40-34(52)33(51)32(50)27(12-41)58-40)9-16-19(44)11-22(47)29(38(16)60-36)30(39(53)54)28-21(46)10-18(43)15-8-23(48)35(59-37(15)28)13-3-4-17(42)20(45)5-13/h3-7,9-11,23,27,30,32-35,40-41,48,50-52H,8,12H2,1-2H3,(H7-,42,43,44,45,46,47,49,53,54)/p+1/t23-,27+,30?,32+,33-,34+,35+,40+/m0/s1. The van der Waals surface area contributed by atoms with E-state index in [0.717, 1.165) is 30.3 Å². The first-order chi connectivity index (χ1) is 28.5. The lowest BCUT2D eigenvalue weighted by atomic mass is 9.84. The van der Waals surface area contributed by atoms with Gasteiger partial charge in [-0.25, -0.2) is 4.42 Å². The molecule has 5 aromatic rings. The molecule has 1 fully saturated rings. The maximum atomic E-state index is 13.5. The fourth-order valence-corrected chi connectivity index (χ4v) is 7.36. The van der Waals surface area contributed by atoms with Gasteiger partial charge in [-0.3, -0.25) is 4.79 Å². The van der Waals surface area contributed by atoms with Crippen molar-refractivity contribution in [2.75, 3.05) is 20.8 Å². The Morgan fingerprint density at radius 2 is 1.42 bits per heavy atom. The van der Waals surface area contributed by atoms with Crippen molar-refractivity contribution in [3.05, 3.63) is 70.8 Å². The van der Waals surface area contributed by atoms with Crippen molar-refractivity contribution in [2.24, 2.45) is 0 Å². The molecule has 0 amide bonds. The molecule has 2 aliphatic rings. The van der Waals surface area contributed by atoms with Crippen LogP contribution in [-0.2, 0) is 16.0 Å². The third-order valence-corrected chi connectivity index (χ3v) is 10.4. The second kappa shape index (κ2) is 15.8. The second-order valence-electron chi connectivity index (χ2n) is 14.0. The fourth-order valence-electron chi connectivity index (χ4n) is 7.36. The monoisotopic (exact) mass is 839 g/mol. The van der Waals surface area contributed by atoms with Crippen LogP contribution in [0.3, 0.4) is 0 Å². The Labute approximate surface area is 337 Å². The summed E-state index contributed by atoms with van der Waals surface area (Å²) in [4.78, 5) is 13.5. The van der Waals surface area contributed by atoms with Gasteiger partial charge in [0.05, 0.1) is 38.1 Å². The van der Waals surface area contributed by atoms with Gasteiger partial charge >= 0.3 is 17.3 Å². The van der Waals surface area contributed by atoms with Crippen LogP contribution in [0.4, 0.5) is 0 Å². The van der Waals surface area contributed by atoms with Gasteiger partial charge in [-0.15, -0.1) is 0 Å². The van der Waals surface area contributed by atoms with Crippen LogP contribution in [-0.4, -0.2) is 130 Å². The summed E-state index contributed by atoms with van der Waals surface area (Å²) in [5.74, 6) is -10.2. The number of hydrogen-bond acceptors (Lipinski definition) is 18. The van der Waals surface area contributed by atoms with Crippen LogP contribution in [0.5, 0.6) is 63.2 Å². The maximum Gasteiger partial charge on any atom is 0.402 e. The van der Waals surface area contributed by atoms with Gasteiger partial charge in [0.25, 0.3) is 0 Å². The van der Waals surface area contributed by atoms with Gasteiger partial charge < -0.3 is 90.1 Å². The smallest absolute Gasteiger partial charge is 0.402 e. The van der Waals surface area contributed by atoms with Crippen LogP contribution in [0.2, 0.25) is 0 Å². The second-order valence-corrected chi connectivity index (χ2v) is 14.0. The Morgan fingerprint density at radius 3 is 2.03 bits per heavy atom. The number of phenolic OH excluding ortho intramolecular Hbond substituents is 7. The number of methoxy groups -OCH3 is 2. The van der Waals surface area contributed by atoms with E-state index in [0.29, 0.717) is 0 Å². The summed E-state index contributed by atoms with van der Waals surface area (Å²) in [7, 11) is 2.43. The van der Waals surface area contributed by atoms with Gasteiger partial charge in [-0.1, -0.05) is 6.07 Å². The van der Waals surface area contributed by atoms with Crippen LogP contribution in [0.15, 0.2) is 52.9 Å². The number of aliphatic hydroxyl groups excluding tert-OH is 5. The molecule has 13 N–H and O–H groups in total. The number of aliphatic hydroxyl groups is 5. The highest BCUT2D eigenvalue weighted by Gasteiger charge is 2.47. The molecule has 3 heterocycles. The van der Waals surface area contributed by atoms with Crippen molar-refractivity contribution in [1.29, 1.82) is 0 Å². The molecular weight excluding hydrogens is 800 g/mol. The van der Waals surface area contributed by atoms with Crippen LogP contribution in [0, 0.1) is 0 Å². The molecule has 0 saturated carbocycles. The van der Waals surface area contributed by atoms with E-state index in [2.05, 4.69) is 0 Å². The molecule has 0 bridgehead atoms.